The molecule has 1 aromatic rings. The Kier molecular flexibility index (Phi) is 1.09. The van der Waals surface area contributed by atoms with Crippen molar-refractivity contribution in [2.45, 2.75) is 12.3 Å². The second-order valence-corrected chi connectivity index (χ2v) is 3.46. The summed E-state index contributed by atoms with van der Waals surface area (Å²) in [6, 6.07) is 8.68. The fourth-order valence-corrected chi connectivity index (χ4v) is 2.17. The van der Waals surface area contributed by atoms with Gasteiger partial charge in [0.25, 0.3) is 0 Å². The van der Waals surface area contributed by atoms with Gasteiger partial charge in [0.2, 0.25) is 0 Å². The summed E-state index contributed by atoms with van der Waals surface area (Å²) in [6.45, 7) is 0. The number of allylic oxidation sites excluding steroid dienone is 3. The molecule has 1 unspecified atom stereocenters. The lowest BCUT2D eigenvalue weighted by atomic mass is 9.99. The van der Waals surface area contributed by atoms with Gasteiger partial charge in [-0.1, -0.05) is 48.1 Å². The fraction of sp³-hybridized carbons (Fsp3) is 0.167. The molecule has 0 heterocycles. The van der Waals surface area contributed by atoms with Crippen LogP contribution in [0.2, 0.25) is 0 Å². The summed E-state index contributed by atoms with van der Waals surface area (Å²) in [6.07, 6.45) is 8.07. The van der Waals surface area contributed by atoms with Crippen LogP contribution in [0.3, 0.4) is 0 Å². The van der Waals surface area contributed by atoms with Crippen molar-refractivity contribution in [3.8, 4) is 0 Å². The maximum atomic E-state index is 2.33. The van der Waals surface area contributed by atoms with Gasteiger partial charge in [-0.3, -0.25) is 0 Å². The van der Waals surface area contributed by atoms with Gasteiger partial charge < -0.3 is 0 Å². The van der Waals surface area contributed by atoms with Gasteiger partial charge in [-0.15, -0.1) is 0 Å². The van der Waals surface area contributed by atoms with Gasteiger partial charge in [0.15, 0.2) is 0 Å². The van der Waals surface area contributed by atoms with Gasteiger partial charge in [-0.25, -0.2) is 0 Å². The van der Waals surface area contributed by atoms with Crippen molar-refractivity contribution in [2.24, 2.45) is 0 Å². The molecule has 0 spiro atoms. The van der Waals surface area contributed by atoms with Crippen molar-refractivity contribution in [1.82, 2.24) is 0 Å². The van der Waals surface area contributed by atoms with Crippen molar-refractivity contribution in [3.05, 3.63) is 53.1 Å². The van der Waals surface area contributed by atoms with E-state index in [-0.39, 0.29) is 0 Å². The first-order chi connectivity index (χ1) is 5.95. The molecule has 0 fully saturated rings. The van der Waals surface area contributed by atoms with Crippen LogP contribution in [0.1, 0.15) is 23.5 Å². The molecule has 0 saturated heterocycles. The summed E-state index contributed by atoms with van der Waals surface area (Å²) in [5, 5.41) is 0. The molecule has 0 nitrogen and oxygen atoms in total. The first-order valence-corrected chi connectivity index (χ1v) is 4.41. The topological polar surface area (TPSA) is 0 Å². The average molecular weight is 154 g/mol. The highest BCUT2D eigenvalue weighted by Gasteiger charge is 2.24. The molecular formula is C12H10. The fourth-order valence-electron chi connectivity index (χ4n) is 2.17. The minimum atomic E-state index is 0.612. The van der Waals surface area contributed by atoms with Crippen molar-refractivity contribution in [1.29, 1.82) is 0 Å². The Morgan fingerprint density at radius 2 is 2.08 bits per heavy atom. The van der Waals surface area contributed by atoms with Crippen LogP contribution in [0.25, 0.3) is 6.08 Å². The van der Waals surface area contributed by atoms with E-state index in [9.17, 15) is 0 Å². The number of benzene rings is 1. The van der Waals surface area contributed by atoms with Gasteiger partial charge in [0, 0.05) is 5.92 Å². The van der Waals surface area contributed by atoms with Crippen LogP contribution in [0.4, 0.5) is 0 Å². The number of hydrogen-bond donors (Lipinski definition) is 0. The van der Waals surface area contributed by atoms with Gasteiger partial charge in [0.1, 0.15) is 0 Å². The molecule has 2 aliphatic carbocycles. The van der Waals surface area contributed by atoms with E-state index >= 15 is 0 Å². The first kappa shape index (κ1) is 6.24. The lowest BCUT2D eigenvalue weighted by Gasteiger charge is -2.04. The van der Waals surface area contributed by atoms with E-state index < -0.39 is 0 Å². The zero-order valence-electron chi connectivity index (χ0n) is 6.83. The Labute approximate surface area is 72.2 Å². The van der Waals surface area contributed by atoms with E-state index in [0.29, 0.717) is 5.92 Å². The monoisotopic (exact) mass is 154 g/mol. The second kappa shape index (κ2) is 2.10. The number of hydrogen-bond acceptors (Lipinski definition) is 0. The quantitative estimate of drug-likeness (QED) is 0.503. The van der Waals surface area contributed by atoms with Crippen LogP contribution in [0.5, 0.6) is 0 Å². The van der Waals surface area contributed by atoms with Crippen LogP contribution in [0.15, 0.2) is 42.0 Å². The van der Waals surface area contributed by atoms with Crippen LogP contribution < -0.4 is 0 Å². The van der Waals surface area contributed by atoms with Crippen molar-refractivity contribution in [2.75, 3.05) is 0 Å². The smallest absolute Gasteiger partial charge is 0.0240 e. The molecule has 1 aromatic carbocycles. The summed E-state index contributed by atoms with van der Waals surface area (Å²) >= 11 is 0. The lowest BCUT2D eigenvalue weighted by molar-refractivity contribution is 1.04. The van der Waals surface area contributed by atoms with E-state index in [2.05, 4.69) is 42.5 Å². The van der Waals surface area contributed by atoms with Crippen molar-refractivity contribution in [3.63, 3.8) is 0 Å². The Morgan fingerprint density at radius 1 is 1.17 bits per heavy atom. The second-order valence-electron chi connectivity index (χ2n) is 3.46. The maximum Gasteiger partial charge on any atom is 0.0240 e. The molecule has 0 amide bonds. The van der Waals surface area contributed by atoms with Gasteiger partial charge in [0.05, 0.1) is 0 Å². The molecule has 1 atom stereocenters. The molecule has 58 valence electrons. The molecule has 0 saturated carbocycles. The molecule has 0 radical (unpaired) electrons. The molecule has 12 heavy (non-hydrogen) atoms. The summed E-state index contributed by atoms with van der Waals surface area (Å²) in [5.74, 6) is 0.612. The molecule has 0 N–H and O–H groups in total. The zero-order chi connectivity index (χ0) is 7.97. The third-order valence-electron chi connectivity index (χ3n) is 2.75. The highest BCUT2D eigenvalue weighted by molar-refractivity contribution is 5.69. The normalized spacial score (nSPS) is 23.7. The van der Waals surface area contributed by atoms with Crippen LogP contribution in [-0.4, -0.2) is 0 Å². The summed E-state index contributed by atoms with van der Waals surface area (Å²) in [7, 11) is 0. The maximum absolute atomic E-state index is 2.33. The molecule has 0 aliphatic heterocycles. The SMILES string of the molecule is C1=CC2C(=Cc3ccccc32)C1. The van der Waals surface area contributed by atoms with Crippen molar-refractivity contribution < 1.29 is 0 Å². The number of rotatable bonds is 0. The minimum absolute atomic E-state index is 0.612. The lowest BCUT2D eigenvalue weighted by Crippen LogP contribution is -1.88. The Hall–Kier alpha value is -1.30. The van der Waals surface area contributed by atoms with Gasteiger partial charge in [-0.05, 0) is 17.5 Å². The van der Waals surface area contributed by atoms with Crippen LogP contribution in [-0.2, 0) is 0 Å². The summed E-state index contributed by atoms with van der Waals surface area (Å²) < 4.78 is 0. The molecule has 0 aromatic heterocycles. The standard InChI is InChI=1S/C12H10/c1-2-6-11-9(4-1)8-10-5-3-7-12(10)11/h1-4,6-8,12H,5H2. The predicted molar refractivity (Wildman–Crippen MR) is 50.9 cm³/mol. The van der Waals surface area contributed by atoms with Crippen LogP contribution >= 0.6 is 0 Å². The van der Waals surface area contributed by atoms with Crippen molar-refractivity contribution >= 4 is 6.08 Å². The molecule has 3 rings (SSSR count). The third-order valence-corrected chi connectivity index (χ3v) is 2.75. The number of fused-ring (bicyclic) bond motifs is 3. The summed E-state index contributed by atoms with van der Waals surface area (Å²) in [5.41, 5.74) is 4.47. The largest absolute Gasteiger partial charge is 0.0835 e. The van der Waals surface area contributed by atoms with Crippen LogP contribution in [0, 0.1) is 0 Å². The van der Waals surface area contributed by atoms with E-state index in [1.165, 1.54) is 11.1 Å². The molecule has 0 heteroatoms. The highest BCUT2D eigenvalue weighted by atomic mass is 14.3. The molecule has 0 bridgehead atoms. The van der Waals surface area contributed by atoms with E-state index in [1.807, 2.05) is 0 Å². The molecular weight excluding hydrogens is 144 g/mol. The van der Waals surface area contributed by atoms with E-state index in [1.54, 1.807) is 5.57 Å². The van der Waals surface area contributed by atoms with Gasteiger partial charge >= 0.3 is 0 Å². The Morgan fingerprint density at radius 3 is 3.08 bits per heavy atom. The molecule has 2 aliphatic rings. The first-order valence-electron chi connectivity index (χ1n) is 4.41. The predicted octanol–water partition coefficient (Wildman–Crippen LogP) is 3.13. The van der Waals surface area contributed by atoms with E-state index in [4.69, 9.17) is 0 Å². The van der Waals surface area contributed by atoms with Gasteiger partial charge in [-0.2, -0.15) is 0 Å². The zero-order valence-corrected chi connectivity index (χ0v) is 6.83. The minimum Gasteiger partial charge on any atom is -0.0835 e. The Balaban J connectivity index is 2.23. The average Bonchev–Trinajstić information content (AvgIpc) is 2.62. The highest BCUT2D eigenvalue weighted by Crippen LogP contribution is 2.42. The van der Waals surface area contributed by atoms with E-state index in [0.717, 1.165) is 6.42 Å². The third kappa shape index (κ3) is 0.672. The Bertz CT molecular complexity index is 383. The summed E-state index contributed by atoms with van der Waals surface area (Å²) in [4.78, 5) is 0.